The van der Waals surface area contributed by atoms with Gasteiger partial charge in [-0.05, 0) is 68.8 Å². The number of hydrogen-bond acceptors (Lipinski definition) is 4. The Labute approximate surface area is 157 Å². The normalized spacial score (nSPS) is 34.0. The average Bonchev–Trinajstić information content (AvgIpc) is 3.24. The summed E-state index contributed by atoms with van der Waals surface area (Å²) in [6.45, 7) is 10.6. The lowest BCUT2D eigenvalue weighted by molar-refractivity contribution is -0.152. The molecule has 0 spiro atoms. The second-order valence-corrected chi connectivity index (χ2v) is 8.74. The van der Waals surface area contributed by atoms with Crippen LogP contribution in [-0.4, -0.2) is 24.6 Å². The predicted octanol–water partition coefficient (Wildman–Crippen LogP) is 4.45. The first kappa shape index (κ1) is 19.2. The number of allylic oxidation sites excluding steroid dienone is 2. The highest BCUT2D eigenvalue weighted by molar-refractivity contribution is 5.93. The fourth-order valence-electron chi connectivity index (χ4n) is 5.00. The molecule has 0 amide bonds. The molecule has 0 saturated heterocycles. The monoisotopic (exact) mass is 360 g/mol. The summed E-state index contributed by atoms with van der Waals surface area (Å²) in [5.41, 5.74) is 3.34. The van der Waals surface area contributed by atoms with E-state index in [1.54, 1.807) is 0 Å². The van der Waals surface area contributed by atoms with Crippen LogP contribution in [0.4, 0.5) is 0 Å². The van der Waals surface area contributed by atoms with Gasteiger partial charge in [-0.2, -0.15) is 0 Å². The second-order valence-electron chi connectivity index (χ2n) is 8.74. The molecular weight excluding hydrogens is 328 g/mol. The summed E-state index contributed by atoms with van der Waals surface area (Å²) in [6.07, 6.45) is 5.93. The van der Waals surface area contributed by atoms with Crippen molar-refractivity contribution in [3.05, 3.63) is 22.8 Å². The molecule has 2 aliphatic carbocycles. The molecule has 1 saturated carbocycles. The van der Waals surface area contributed by atoms with E-state index < -0.39 is 0 Å². The van der Waals surface area contributed by atoms with Crippen LogP contribution >= 0.6 is 0 Å². The van der Waals surface area contributed by atoms with E-state index in [-0.39, 0.29) is 29.9 Å². The van der Waals surface area contributed by atoms with Gasteiger partial charge >= 0.3 is 11.9 Å². The third kappa shape index (κ3) is 3.89. The second kappa shape index (κ2) is 7.58. The van der Waals surface area contributed by atoms with Crippen LogP contribution in [-0.2, 0) is 19.1 Å². The van der Waals surface area contributed by atoms with Crippen molar-refractivity contribution in [3.8, 4) is 0 Å². The topological polar surface area (TPSA) is 52.6 Å². The van der Waals surface area contributed by atoms with Gasteiger partial charge in [0.2, 0.25) is 0 Å². The lowest BCUT2D eigenvalue weighted by Crippen LogP contribution is -2.37. The van der Waals surface area contributed by atoms with E-state index in [9.17, 15) is 9.59 Å². The molecule has 6 atom stereocenters. The van der Waals surface area contributed by atoms with Gasteiger partial charge in [0.05, 0.1) is 0 Å². The van der Waals surface area contributed by atoms with Crippen LogP contribution in [0.5, 0.6) is 0 Å². The van der Waals surface area contributed by atoms with Gasteiger partial charge in [0.1, 0.15) is 12.7 Å². The predicted molar refractivity (Wildman–Crippen MR) is 100 cm³/mol. The van der Waals surface area contributed by atoms with Crippen LogP contribution in [0, 0.1) is 29.6 Å². The molecule has 144 valence electrons. The van der Waals surface area contributed by atoms with Crippen LogP contribution in [0.25, 0.3) is 0 Å². The Balaban J connectivity index is 1.94. The van der Waals surface area contributed by atoms with Gasteiger partial charge in [0.15, 0.2) is 0 Å². The van der Waals surface area contributed by atoms with Gasteiger partial charge in [-0.25, -0.2) is 4.79 Å². The van der Waals surface area contributed by atoms with Crippen LogP contribution in [0.1, 0.15) is 60.3 Å². The van der Waals surface area contributed by atoms with Crippen molar-refractivity contribution in [1.29, 1.82) is 0 Å². The van der Waals surface area contributed by atoms with Crippen molar-refractivity contribution >= 4 is 11.9 Å². The van der Waals surface area contributed by atoms with Gasteiger partial charge in [0, 0.05) is 18.4 Å². The lowest BCUT2D eigenvalue weighted by atomic mass is 9.73. The summed E-state index contributed by atoms with van der Waals surface area (Å²) in [4.78, 5) is 24.4. The Morgan fingerprint density at radius 2 is 2.04 bits per heavy atom. The zero-order chi connectivity index (χ0) is 19.0. The Morgan fingerprint density at radius 1 is 1.31 bits per heavy atom. The van der Waals surface area contributed by atoms with Crippen LogP contribution in [0.2, 0.25) is 0 Å². The molecule has 26 heavy (non-hydrogen) atoms. The fraction of sp³-hybridized carbons (Fsp3) is 0.727. The summed E-state index contributed by atoms with van der Waals surface area (Å²) in [5.74, 6) is 1.36. The zero-order valence-electron chi connectivity index (χ0n) is 16.7. The smallest absolute Gasteiger partial charge is 0.334 e. The van der Waals surface area contributed by atoms with Gasteiger partial charge in [0.25, 0.3) is 0 Å². The van der Waals surface area contributed by atoms with E-state index in [2.05, 4.69) is 33.8 Å². The molecule has 4 nitrogen and oxygen atoms in total. The third-order valence-electron chi connectivity index (χ3n) is 6.39. The third-order valence-corrected chi connectivity index (χ3v) is 6.39. The van der Waals surface area contributed by atoms with Gasteiger partial charge < -0.3 is 9.47 Å². The van der Waals surface area contributed by atoms with Crippen molar-refractivity contribution in [2.24, 2.45) is 29.6 Å². The van der Waals surface area contributed by atoms with Crippen molar-refractivity contribution < 1.29 is 19.1 Å². The Morgan fingerprint density at radius 3 is 2.69 bits per heavy atom. The van der Waals surface area contributed by atoms with Crippen molar-refractivity contribution in [2.45, 2.75) is 66.4 Å². The molecule has 3 rings (SSSR count). The minimum atomic E-state index is -0.259. The van der Waals surface area contributed by atoms with Crippen LogP contribution in [0.3, 0.4) is 0 Å². The molecular formula is C22H32O4. The summed E-state index contributed by atoms with van der Waals surface area (Å²) in [6, 6.07) is 0. The maximum atomic E-state index is 12.6. The van der Waals surface area contributed by atoms with E-state index in [1.165, 1.54) is 18.1 Å². The number of ether oxygens (including phenoxy) is 2. The number of carbonyl (C=O) groups excluding carboxylic acids is 2. The SMILES string of the molecule is CC(=O)OC1CC(C)C2CC2C2=C(C(=O)OC2)C1C(C)CCC=C(C)C. The minimum Gasteiger partial charge on any atom is -0.462 e. The highest BCUT2D eigenvalue weighted by atomic mass is 16.5. The van der Waals surface area contributed by atoms with E-state index in [4.69, 9.17) is 9.47 Å². The highest BCUT2D eigenvalue weighted by Gasteiger charge is 2.52. The van der Waals surface area contributed by atoms with Gasteiger partial charge in [-0.1, -0.05) is 25.5 Å². The molecule has 1 heterocycles. The molecule has 1 aliphatic heterocycles. The van der Waals surface area contributed by atoms with Crippen LogP contribution in [0.15, 0.2) is 22.8 Å². The van der Waals surface area contributed by atoms with E-state index >= 15 is 0 Å². The Bertz CT molecular complexity index is 641. The molecule has 4 heteroatoms. The molecule has 6 unspecified atom stereocenters. The maximum absolute atomic E-state index is 12.6. The maximum Gasteiger partial charge on any atom is 0.334 e. The summed E-state index contributed by atoms with van der Waals surface area (Å²) in [7, 11) is 0. The van der Waals surface area contributed by atoms with Crippen molar-refractivity contribution in [3.63, 3.8) is 0 Å². The van der Waals surface area contributed by atoms with E-state index in [0.717, 1.165) is 31.3 Å². The fourth-order valence-corrected chi connectivity index (χ4v) is 5.00. The zero-order valence-corrected chi connectivity index (χ0v) is 16.7. The summed E-state index contributed by atoms with van der Waals surface area (Å²) < 4.78 is 11.2. The molecule has 0 bridgehead atoms. The molecule has 0 N–H and O–H groups in total. The Kier molecular flexibility index (Phi) is 5.59. The van der Waals surface area contributed by atoms with Crippen molar-refractivity contribution in [1.82, 2.24) is 0 Å². The number of rotatable bonds is 5. The Hall–Kier alpha value is -1.58. The quantitative estimate of drug-likeness (QED) is 0.537. The van der Waals surface area contributed by atoms with Crippen LogP contribution < -0.4 is 0 Å². The summed E-state index contributed by atoms with van der Waals surface area (Å²) in [5, 5.41) is 0. The van der Waals surface area contributed by atoms with Gasteiger partial charge in [-0.3, -0.25) is 4.79 Å². The largest absolute Gasteiger partial charge is 0.462 e. The molecule has 0 radical (unpaired) electrons. The van der Waals surface area contributed by atoms with Gasteiger partial charge in [-0.15, -0.1) is 0 Å². The highest BCUT2D eigenvalue weighted by Crippen LogP contribution is 2.56. The van der Waals surface area contributed by atoms with E-state index in [0.29, 0.717) is 24.4 Å². The standard InChI is InChI=1S/C22H32O4/c1-12(2)7-6-8-13(3)20-19(26-15(5)23)9-14(4)16-10-17(16)18-11-25-22(24)21(18)20/h7,13-14,16-17,19-20H,6,8-11H2,1-5H3. The summed E-state index contributed by atoms with van der Waals surface area (Å²) >= 11 is 0. The first-order valence-electron chi connectivity index (χ1n) is 10.00. The first-order chi connectivity index (χ1) is 12.3. The van der Waals surface area contributed by atoms with Crippen molar-refractivity contribution in [2.75, 3.05) is 6.61 Å². The minimum absolute atomic E-state index is 0.0570. The number of carbonyl (C=O) groups is 2. The van der Waals surface area contributed by atoms with E-state index in [1.807, 2.05) is 0 Å². The first-order valence-corrected chi connectivity index (χ1v) is 10.00. The number of cyclic esters (lactones) is 1. The molecule has 0 aromatic carbocycles. The molecule has 0 aromatic heterocycles. The number of esters is 2. The number of hydrogen-bond donors (Lipinski definition) is 0. The molecule has 3 aliphatic rings. The number of fused-ring (bicyclic) bond motifs is 2. The average molecular weight is 360 g/mol. The lowest BCUT2D eigenvalue weighted by Gasteiger charge is -2.35. The molecule has 1 fully saturated rings. The molecule has 0 aromatic rings.